The zero-order valence-electron chi connectivity index (χ0n) is 11.3. The number of rotatable bonds is 8. The predicted molar refractivity (Wildman–Crippen MR) is 80.9 cm³/mol. The van der Waals surface area contributed by atoms with Gasteiger partial charge >= 0.3 is 0 Å². The van der Waals surface area contributed by atoms with Gasteiger partial charge in [0, 0.05) is 16.0 Å². The highest BCUT2D eigenvalue weighted by atomic mass is 35.5. The molecule has 0 saturated carbocycles. The van der Waals surface area contributed by atoms with Crippen molar-refractivity contribution in [2.75, 3.05) is 5.75 Å². The van der Waals surface area contributed by atoms with Gasteiger partial charge in [-0.05, 0) is 25.5 Å². The fourth-order valence-corrected chi connectivity index (χ4v) is 3.45. The molecule has 0 spiro atoms. The molecule has 0 radical (unpaired) electrons. The minimum atomic E-state index is -0.961. The van der Waals surface area contributed by atoms with Crippen LogP contribution in [0.25, 0.3) is 0 Å². The summed E-state index contributed by atoms with van der Waals surface area (Å²) in [5, 5.41) is 0.0315. The van der Waals surface area contributed by atoms with Crippen molar-refractivity contribution in [3.63, 3.8) is 0 Å². The van der Waals surface area contributed by atoms with E-state index in [1.807, 2.05) is 31.2 Å². The van der Waals surface area contributed by atoms with Crippen molar-refractivity contribution >= 4 is 22.4 Å². The summed E-state index contributed by atoms with van der Waals surface area (Å²) in [4.78, 5) is 0.889. The summed E-state index contributed by atoms with van der Waals surface area (Å²) in [5.41, 5.74) is 1.19. The van der Waals surface area contributed by atoms with E-state index in [1.165, 1.54) is 24.8 Å². The third-order valence-corrected chi connectivity index (χ3v) is 5.05. The number of benzene rings is 1. The maximum Gasteiger partial charge on any atom is 0.0544 e. The molecule has 1 rings (SSSR count). The molecule has 102 valence electrons. The first-order chi connectivity index (χ1) is 8.63. The summed E-state index contributed by atoms with van der Waals surface area (Å²) in [6.07, 6.45) is 5.86. The van der Waals surface area contributed by atoms with E-state index in [-0.39, 0.29) is 5.38 Å². The van der Waals surface area contributed by atoms with E-state index in [4.69, 9.17) is 11.6 Å². The fraction of sp³-hybridized carbons (Fsp3) is 0.600. The number of halogens is 1. The van der Waals surface area contributed by atoms with E-state index in [0.717, 1.165) is 17.7 Å². The van der Waals surface area contributed by atoms with Crippen molar-refractivity contribution in [3.05, 3.63) is 29.8 Å². The molecule has 2 atom stereocenters. The lowest BCUT2D eigenvalue weighted by Crippen LogP contribution is -2.11. The average molecular weight is 287 g/mol. The van der Waals surface area contributed by atoms with Crippen LogP contribution in [0.1, 0.15) is 44.6 Å². The summed E-state index contributed by atoms with van der Waals surface area (Å²) in [6.45, 7) is 4.23. The van der Waals surface area contributed by atoms with Crippen LogP contribution in [0.5, 0.6) is 0 Å². The molecule has 0 saturated heterocycles. The Bertz CT molecular complexity index is 361. The summed E-state index contributed by atoms with van der Waals surface area (Å²) in [5.74, 6) is 0.566. The zero-order valence-corrected chi connectivity index (χ0v) is 12.9. The van der Waals surface area contributed by atoms with E-state index >= 15 is 0 Å². The lowest BCUT2D eigenvalue weighted by Gasteiger charge is -2.09. The quantitative estimate of drug-likeness (QED) is 0.501. The minimum Gasteiger partial charge on any atom is -0.254 e. The number of aryl methyl sites for hydroxylation is 1. The Morgan fingerprint density at radius 3 is 2.44 bits per heavy atom. The van der Waals surface area contributed by atoms with Gasteiger partial charge in [-0.15, -0.1) is 11.6 Å². The van der Waals surface area contributed by atoms with E-state index in [0.29, 0.717) is 5.75 Å². The topological polar surface area (TPSA) is 17.1 Å². The molecule has 0 aromatic heterocycles. The van der Waals surface area contributed by atoms with Crippen molar-refractivity contribution < 1.29 is 4.21 Å². The predicted octanol–water partition coefficient (Wildman–Crippen LogP) is 4.68. The Morgan fingerprint density at radius 2 is 1.83 bits per heavy atom. The first-order valence-corrected chi connectivity index (χ1v) is 8.48. The molecule has 18 heavy (non-hydrogen) atoms. The average Bonchev–Trinajstić information content (AvgIpc) is 2.35. The smallest absolute Gasteiger partial charge is 0.0544 e. The molecule has 0 amide bonds. The zero-order chi connectivity index (χ0) is 13.4. The molecular weight excluding hydrogens is 264 g/mol. The highest BCUT2D eigenvalue weighted by molar-refractivity contribution is 7.85. The van der Waals surface area contributed by atoms with Crippen LogP contribution in [-0.2, 0) is 10.8 Å². The molecule has 0 N–H and O–H groups in total. The maximum atomic E-state index is 12.1. The number of unbranched alkanes of at least 4 members (excludes halogenated alkanes) is 3. The number of hydrogen-bond acceptors (Lipinski definition) is 1. The van der Waals surface area contributed by atoms with Gasteiger partial charge in [-0.2, -0.15) is 0 Å². The van der Waals surface area contributed by atoms with E-state index in [2.05, 4.69) is 6.92 Å². The standard InChI is InChI=1S/C15H23ClOS/c1-3-4-5-6-7-14(16)12-18(17)15-10-8-13(2)9-11-15/h8-11,14H,3-7,12H2,1-2H3/t14-,18?/m1/s1. The van der Waals surface area contributed by atoms with Gasteiger partial charge in [-0.25, -0.2) is 0 Å². The van der Waals surface area contributed by atoms with Crippen molar-refractivity contribution in [1.82, 2.24) is 0 Å². The summed E-state index contributed by atoms with van der Waals surface area (Å²) in [7, 11) is -0.961. The van der Waals surface area contributed by atoms with Crippen LogP contribution in [0.2, 0.25) is 0 Å². The van der Waals surface area contributed by atoms with Gasteiger partial charge in [0.1, 0.15) is 0 Å². The van der Waals surface area contributed by atoms with Gasteiger partial charge < -0.3 is 0 Å². The van der Waals surface area contributed by atoms with Gasteiger partial charge in [-0.1, -0.05) is 50.3 Å². The lowest BCUT2D eigenvalue weighted by molar-refractivity contribution is 0.625. The Hall–Kier alpha value is -0.340. The Balaban J connectivity index is 2.33. The van der Waals surface area contributed by atoms with Crippen molar-refractivity contribution in [1.29, 1.82) is 0 Å². The first-order valence-electron chi connectivity index (χ1n) is 6.72. The molecule has 1 unspecified atom stereocenters. The number of hydrogen-bond donors (Lipinski definition) is 0. The minimum absolute atomic E-state index is 0.0315. The molecule has 0 aliphatic carbocycles. The molecule has 3 heteroatoms. The highest BCUT2D eigenvalue weighted by Gasteiger charge is 2.11. The van der Waals surface area contributed by atoms with E-state index < -0.39 is 10.8 Å². The van der Waals surface area contributed by atoms with Crippen LogP contribution >= 0.6 is 11.6 Å². The maximum absolute atomic E-state index is 12.1. The van der Waals surface area contributed by atoms with E-state index in [1.54, 1.807) is 0 Å². The Labute approximate surface area is 118 Å². The summed E-state index contributed by atoms with van der Waals surface area (Å²) >= 11 is 6.24. The van der Waals surface area contributed by atoms with Crippen LogP contribution in [0.4, 0.5) is 0 Å². The Kier molecular flexibility index (Phi) is 7.60. The highest BCUT2D eigenvalue weighted by Crippen LogP contribution is 2.15. The van der Waals surface area contributed by atoms with Crippen LogP contribution in [0.15, 0.2) is 29.2 Å². The van der Waals surface area contributed by atoms with E-state index in [9.17, 15) is 4.21 Å². The molecule has 0 aliphatic rings. The van der Waals surface area contributed by atoms with Gasteiger partial charge in [0.25, 0.3) is 0 Å². The van der Waals surface area contributed by atoms with Gasteiger partial charge in [0.2, 0.25) is 0 Å². The fourth-order valence-electron chi connectivity index (χ4n) is 1.83. The second kappa shape index (κ2) is 8.71. The first kappa shape index (κ1) is 15.7. The lowest BCUT2D eigenvalue weighted by atomic mass is 10.1. The van der Waals surface area contributed by atoms with Crippen LogP contribution in [0, 0.1) is 6.92 Å². The summed E-state index contributed by atoms with van der Waals surface area (Å²) < 4.78 is 12.1. The van der Waals surface area contributed by atoms with Crippen LogP contribution in [-0.4, -0.2) is 15.3 Å². The Morgan fingerprint density at radius 1 is 1.17 bits per heavy atom. The monoisotopic (exact) mass is 286 g/mol. The molecule has 0 bridgehead atoms. The molecule has 1 nitrogen and oxygen atoms in total. The third-order valence-electron chi connectivity index (χ3n) is 2.99. The van der Waals surface area contributed by atoms with Gasteiger partial charge in [-0.3, -0.25) is 4.21 Å². The second-order valence-electron chi connectivity index (χ2n) is 4.77. The molecule has 1 aromatic carbocycles. The van der Waals surface area contributed by atoms with Crippen LogP contribution in [0.3, 0.4) is 0 Å². The van der Waals surface area contributed by atoms with Gasteiger partial charge in [0.05, 0.1) is 10.8 Å². The van der Waals surface area contributed by atoms with Crippen molar-refractivity contribution in [2.24, 2.45) is 0 Å². The molecule has 0 aliphatic heterocycles. The SMILES string of the molecule is CCCCCC[C@@H](Cl)CS(=O)c1ccc(C)cc1. The summed E-state index contributed by atoms with van der Waals surface area (Å²) in [6, 6.07) is 7.87. The number of alkyl halides is 1. The van der Waals surface area contributed by atoms with Crippen LogP contribution < -0.4 is 0 Å². The molecule has 1 aromatic rings. The molecule has 0 fully saturated rings. The normalized spacial score (nSPS) is 14.4. The third kappa shape index (κ3) is 6.01. The van der Waals surface area contributed by atoms with Crippen molar-refractivity contribution in [2.45, 2.75) is 56.2 Å². The second-order valence-corrected chi connectivity index (χ2v) is 6.88. The molecule has 0 heterocycles. The van der Waals surface area contributed by atoms with Crippen molar-refractivity contribution in [3.8, 4) is 0 Å². The molecular formula is C15H23ClOS. The largest absolute Gasteiger partial charge is 0.254 e. The van der Waals surface area contributed by atoms with Gasteiger partial charge in [0.15, 0.2) is 0 Å².